The summed E-state index contributed by atoms with van der Waals surface area (Å²) in [7, 11) is -4.05. The fourth-order valence-electron chi connectivity index (χ4n) is 1.98. The van der Waals surface area contributed by atoms with Gasteiger partial charge in [-0.1, -0.05) is 18.2 Å². The van der Waals surface area contributed by atoms with Gasteiger partial charge in [0.2, 0.25) is 10.0 Å². The lowest BCUT2D eigenvalue weighted by Gasteiger charge is -2.11. The third kappa shape index (κ3) is 4.30. The Morgan fingerprint density at radius 3 is 2.58 bits per heavy atom. The molecule has 0 bridgehead atoms. The van der Waals surface area contributed by atoms with E-state index in [1.54, 1.807) is 24.3 Å². The minimum absolute atomic E-state index is 0.145. The zero-order valence-electron chi connectivity index (χ0n) is 12.9. The van der Waals surface area contributed by atoms with E-state index >= 15 is 0 Å². The first-order valence-corrected chi connectivity index (χ1v) is 8.57. The summed E-state index contributed by atoms with van der Waals surface area (Å²) in [5.41, 5.74) is 0.103. The number of carbonyl (C=O) groups is 1. The van der Waals surface area contributed by atoms with Crippen LogP contribution in [0, 0.1) is 5.82 Å². The van der Waals surface area contributed by atoms with E-state index in [9.17, 15) is 17.6 Å². The van der Waals surface area contributed by atoms with Crippen LogP contribution in [0.2, 0.25) is 0 Å². The third-order valence-corrected chi connectivity index (χ3v) is 4.03. The van der Waals surface area contributed by atoms with Crippen molar-refractivity contribution in [2.75, 3.05) is 6.61 Å². The van der Waals surface area contributed by atoms with Gasteiger partial charge in [-0.15, -0.1) is 0 Å². The van der Waals surface area contributed by atoms with Crippen molar-refractivity contribution in [3.63, 3.8) is 0 Å². The van der Waals surface area contributed by atoms with Crippen molar-refractivity contribution in [2.24, 2.45) is 5.14 Å². The molecule has 0 unspecified atom stereocenters. The van der Waals surface area contributed by atoms with Crippen LogP contribution in [-0.4, -0.2) is 21.0 Å². The number of esters is 1. The Bertz CT molecular complexity index is 851. The Hall–Kier alpha value is -2.45. The van der Waals surface area contributed by atoms with E-state index < -0.39 is 27.4 Å². The Morgan fingerprint density at radius 1 is 1.21 bits per heavy atom. The van der Waals surface area contributed by atoms with Gasteiger partial charge in [-0.25, -0.2) is 22.7 Å². The minimum Gasteiger partial charge on any atom is -0.493 e. The fourth-order valence-corrected chi connectivity index (χ4v) is 2.52. The summed E-state index contributed by atoms with van der Waals surface area (Å²) >= 11 is 0. The third-order valence-electron chi connectivity index (χ3n) is 3.12. The molecule has 8 heteroatoms. The van der Waals surface area contributed by atoms with E-state index in [1.807, 2.05) is 6.92 Å². The zero-order chi connectivity index (χ0) is 17.7. The largest absolute Gasteiger partial charge is 0.493 e. The maximum atomic E-state index is 13.8. The highest BCUT2D eigenvalue weighted by Gasteiger charge is 2.18. The molecular weight excluding hydrogens is 337 g/mol. The molecule has 2 N–H and O–H groups in total. The van der Waals surface area contributed by atoms with Crippen molar-refractivity contribution in [1.29, 1.82) is 0 Å². The lowest BCUT2D eigenvalue weighted by atomic mass is 10.2. The van der Waals surface area contributed by atoms with Crippen molar-refractivity contribution >= 4 is 16.0 Å². The lowest BCUT2D eigenvalue weighted by molar-refractivity contribution is 0.0464. The van der Waals surface area contributed by atoms with Crippen molar-refractivity contribution in [2.45, 2.75) is 18.4 Å². The number of rotatable bonds is 6. The second-order valence-electron chi connectivity index (χ2n) is 4.80. The standard InChI is InChI=1S/C16H16FNO5S/c1-2-22-15-6-4-3-5-11(15)10-23-16(19)13-9-12(24(18,20)21)7-8-14(13)17/h3-9H,2,10H2,1H3,(H2,18,20,21). The number of benzene rings is 2. The molecule has 24 heavy (non-hydrogen) atoms. The van der Waals surface area contributed by atoms with Gasteiger partial charge in [0.1, 0.15) is 18.2 Å². The predicted molar refractivity (Wildman–Crippen MR) is 84.5 cm³/mol. The maximum absolute atomic E-state index is 13.8. The topological polar surface area (TPSA) is 95.7 Å². The Kier molecular flexibility index (Phi) is 5.53. The summed E-state index contributed by atoms with van der Waals surface area (Å²) in [5.74, 6) is -1.35. The normalized spacial score (nSPS) is 11.1. The molecule has 0 aromatic heterocycles. The molecule has 0 radical (unpaired) electrons. The average molecular weight is 353 g/mol. The smallest absolute Gasteiger partial charge is 0.341 e. The predicted octanol–water partition coefficient (Wildman–Crippen LogP) is 2.23. The summed E-state index contributed by atoms with van der Waals surface area (Å²) in [6, 6.07) is 9.61. The van der Waals surface area contributed by atoms with Gasteiger partial charge in [0.05, 0.1) is 17.1 Å². The number of nitrogens with two attached hydrogens (primary N) is 1. The van der Waals surface area contributed by atoms with Crippen molar-refractivity contribution in [3.8, 4) is 5.75 Å². The monoisotopic (exact) mass is 353 g/mol. The van der Waals surface area contributed by atoms with Crippen LogP contribution in [0.25, 0.3) is 0 Å². The van der Waals surface area contributed by atoms with Gasteiger partial charge >= 0.3 is 5.97 Å². The second kappa shape index (κ2) is 7.41. The average Bonchev–Trinajstić information content (AvgIpc) is 2.53. The number of carbonyl (C=O) groups excluding carboxylic acids is 1. The first-order valence-electron chi connectivity index (χ1n) is 7.03. The van der Waals surface area contributed by atoms with Crippen LogP contribution in [0.15, 0.2) is 47.4 Å². The van der Waals surface area contributed by atoms with Crippen LogP contribution >= 0.6 is 0 Å². The molecular formula is C16H16FNO5S. The first-order chi connectivity index (χ1) is 11.3. The van der Waals surface area contributed by atoms with E-state index in [0.717, 1.165) is 18.2 Å². The molecule has 2 aromatic rings. The highest BCUT2D eigenvalue weighted by molar-refractivity contribution is 7.89. The van der Waals surface area contributed by atoms with Gasteiger partial charge in [-0.3, -0.25) is 0 Å². The zero-order valence-corrected chi connectivity index (χ0v) is 13.7. The highest BCUT2D eigenvalue weighted by Crippen LogP contribution is 2.20. The number of sulfonamides is 1. The van der Waals surface area contributed by atoms with E-state index in [4.69, 9.17) is 14.6 Å². The summed E-state index contributed by atoms with van der Waals surface area (Å²) in [6.07, 6.45) is 0. The summed E-state index contributed by atoms with van der Waals surface area (Å²) < 4.78 is 46.8. The van der Waals surface area contributed by atoms with E-state index in [2.05, 4.69) is 0 Å². The molecule has 0 aliphatic heterocycles. The van der Waals surface area contributed by atoms with Gasteiger partial charge in [-0.05, 0) is 31.2 Å². The highest BCUT2D eigenvalue weighted by atomic mass is 32.2. The number of halogens is 1. The van der Waals surface area contributed by atoms with Crippen molar-refractivity contribution in [1.82, 2.24) is 0 Å². The molecule has 0 spiro atoms. The van der Waals surface area contributed by atoms with Gasteiger partial charge in [0.15, 0.2) is 0 Å². The van der Waals surface area contributed by atoms with Gasteiger partial charge in [0.25, 0.3) is 0 Å². The number of primary sulfonamides is 1. The molecule has 2 aromatic carbocycles. The van der Waals surface area contributed by atoms with Crippen LogP contribution in [-0.2, 0) is 21.4 Å². The summed E-state index contributed by atoms with van der Waals surface area (Å²) in [6.45, 7) is 2.11. The SMILES string of the molecule is CCOc1ccccc1COC(=O)c1cc(S(N)(=O)=O)ccc1F. The van der Waals surface area contributed by atoms with Crippen LogP contribution in [0.3, 0.4) is 0 Å². The molecule has 0 aliphatic carbocycles. The van der Waals surface area contributed by atoms with Crippen molar-refractivity contribution in [3.05, 3.63) is 59.4 Å². The number of ether oxygens (including phenoxy) is 2. The van der Waals surface area contributed by atoms with Gasteiger partial charge < -0.3 is 9.47 Å². The molecule has 0 aliphatic rings. The minimum atomic E-state index is -4.05. The van der Waals surface area contributed by atoms with Crippen LogP contribution < -0.4 is 9.88 Å². The number of para-hydroxylation sites is 1. The molecule has 6 nitrogen and oxygen atoms in total. The van der Waals surface area contributed by atoms with Crippen LogP contribution in [0.5, 0.6) is 5.75 Å². The quantitative estimate of drug-likeness (QED) is 0.804. The van der Waals surface area contributed by atoms with Crippen LogP contribution in [0.4, 0.5) is 4.39 Å². The van der Waals surface area contributed by atoms with E-state index in [1.165, 1.54) is 0 Å². The first kappa shape index (κ1) is 17.9. The van der Waals surface area contributed by atoms with E-state index in [-0.39, 0.29) is 11.5 Å². The molecule has 2 rings (SSSR count). The molecule has 0 heterocycles. The molecule has 0 fully saturated rings. The Morgan fingerprint density at radius 2 is 1.92 bits per heavy atom. The fraction of sp³-hybridized carbons (Fsp3) is 0.188. The number of hydrogen-bond donors (Lipinski definition) is 1. The molecule has 0 saturated heterocycles. The second-order valence-corrected chi connectivity index (χ2v) is 6.36. The Balaban J connectivity index is 2.19. The summed E-state index contributed by atoms with van der Waals surface area (Å²) in [5, 5.41) is 4.98. The molecule has 0 atom stereocenters. The summed E-state index contributed by atoms with van der Waals surface area (Å²) in [4.78, 5) is 11.7. The van der Waals surface area contributed by atoms with E-state index in [0.29, 0.717) is 17.9 Å². The molecule has 0 amide bonds. The van der Waals surface area contributed by atoms with Crippen LogP contribution in [0.1, 0.15) is 22.8 Å². The maximum Gasteiger partial charge on any atom is 0.341 e. The molecule has 0 saturated carbocycles. The lowest BCUT2D eigenvalue weighted by Crippen LogP contribution is -2.15. The van der Waals surface area contributed by atoms with Gasteiger partial charge in [0, 0.05) is 5.56 Å². The Labute approximate surface area is 139 Å². The van der Waals surface area contributed by atoms with Crippen molar-refractivity contribution < 1.29 is 27.1 Å². The number of hydrogen-bond acceptors (Lipinski definition) is 5. The van der Waals surface area contributed by atoms with Gasteiger partial charge in [-0.2, -0.15) is 0 Å². The molecule has 128 valence electrons.